The number of benzene rings is 1. The van der Waals surface area contributed by atoms with Crippen LogP contribution in [0.3, 0.4) is 0 Å². The van der Waals surface area contributed by atoms with E-state index in [4.69, 9.17) is 11.6 Å². The molecule has 0 spiro atoms. The molecule has 0 unspecified atom stereocenters. The van der Waals surface area contributed by atoms with E-state index in [1.54, 1.807) is 30.5 Å². The molecule has 1 N–H and O–H groups in total. The lowest BCUT2D eigenvalue weighted by molar-refractivity contribution is -0.113. The quantitative estimate of drug-likeness (QED) is 0.675. The average molecular weight is 325 g/mol. The van der Waals surface area contributed by atoms with Crippen LogP contribution in [0.2, 0.25) is 5.02 Å². The third kappa shape index (κ3) is 4.70. The molecule has 0 aliphatic carbocycles. The SMILES string of the molecule is CSc1[c]nc(SCC(=O)Nc2ccc(Cl)cc2)nc1. The van der Waals surface area contributed by atoms with Crippen LogP contribution in [0.4, 0.5) is 5.69 Å². The summed E-state index contributed by atoms with van der Waals surface area (Å²) in [6, 6.07) is 6.96. The second-order valence-corrected chi connectivity index (χ2v) is 5.90. The zero-order valence-corrected chi connectivity index (χ0v) is 13.0. The molecule has 1 aromatic heterocycles. The Bertz CT molecular complexity index is 575. The fourth-order valence-electron chi connectivity index (χ4n) is 1.30. The standard InChI is InChI=1S/C13H11ClN3OS2/c1-19-11-6-15-13(16-7-11)20-8-12(18)17-10-4-2-9(14)3-5-10/h2-6H,8H2,1H3,(H,17,18). The first-order chi connectivity index (χ1) is 9.67. The van der Waals surface area contributed by atoms with Crippen LogP contribution >= 0.6 is 35.1 Å². The van der Waals surface area contributed by atoms with E-state index in [-0.39, 0.29) is 11.7 Å². The Kier molecular flexibility index (Phi) is 5.70. The summed E-state index contributed by atoms with van der Waals surface area (Å²) in [5, 5.41) is 3.94. The van der Waals surface area contributed by atoms with Crippen molar-refractivity contribution < 1.29 is 4.79 Å². The summed E-state index contributed by atoms with van der Waals surface area (Å²) in [5.41, 5.74) is 0.713. The molecule has 1 heterocycles. The minimum atomic E-state index is -0.116. The number of carbonyl (C=O) groups is 1. The smallest absolute Gasteiger partial charge is 0.234 e. The highest BCUT2D eigenvalue weighted by atomic mass is 35.5. The third-order valence-electron chi connectivity index (χ3n) is 2.23. The van der Waals surface area contributed by atoms with E-state index < -0.39 is 0 Å². The molecule has 4 nitrogen and oxygen atoms in total. The number of rotatable bonds is 5. The Labute approximate surface area is 130 Å². The molecule has 0 atom stereocenters. The molecule has 0 aliphatic heterocycles. The van der Waals surface area contributed by atoms with E-state index in [0.717, 1.165) is 4.90 Å². The van der Waals surface area contributed by atoms with Crippen LogP contribution in [0.15, 0.2) is 40.5 Å². The summed E-state index contributed by atoms with van der Waals surface area (Å²) in [6.45, 7) is 0. The van der Waals surface area contributed by atoms with Crippen molar-refractivity contribution in [1.82, 2.24) is 9.97 Å². The third-order valence-corrected chi connectivity index (χ3v) is 3.98. The van der Waals surface area contributed by atoms with Crippen molar-refractivity contribution in [3.8, 4) is 0 Å². The van der Waals surface area contributed by atoms with Crippen LogP contribution < -0.4 is 5.32 Å². The molecule has 1 radical (unpaired) electrons. The van der Waals surface area contributed by atoms with Gasteiger partial charge in [0.25, 0.3) is 0 Å². The largest absolute Gasteiger partial charge is 0.325 e. The molecule has 0 saturated heterocycles. The molecule has 20 heavy (non-hydrogen) atoms. The number of thioether (sulfide) groups is 2. The summed E-state index contributed by atoms with van der Waals surface area (Å²) < 4.78 is 0. The Hall–Kier alpha value is -1.24. The van der Waals surface area contributed by atoms with Gasteiger partial charge in [0.2, 0.25) is 5.91 Å². The summed E-state index contributed by atoms with van der Waals surface area (Å²) >= 11 is 8.57. The minimum absolute atomic E-state index is 0.116. The zero-order valence-electron chi connectivity index (χ0n) is 10.6. The van der Waals surface area contributed by atoms with E-state index in [1.165, 1.54) is 23.5 Å². The maximum atomic E-state index is 11.8. The highest BCUT2D eigenvalue weighted by molar-refractivity contribution is 7.99. The van der Waals surface area contributed by atoms with Crippen LogP contribution in [-0.4, -0.2) is 27.9 Å². The normalized spacial score (nSPS) is 10.3. The number of aromatic nitrogens is 2. The van der Waals surface area contributed by atoms with Crippen molar-refractivity contribution in [1.29, 1.82) is 0 Å². The molecule has 0 aliphatic rings. The molecule has 1 amide bonds. The summed E-state index contributed by atoms with van der Waals surface area (Å²) in [6.07, 6.45) is 6.47. The Morgan fingerprint density at radius 1 is 1.40 bits per heavy atom. The van der Waals surface area contributed by atoms with Crippen LogP contribution in [0.25, 0.3) is 0 Å². The topological polar surface area (TPSA) is 54.9 Å². The first-order valence-corrected chi connectivity index (χ1v) is 8.23. The van der Waals surface area contributed by atoms with E-state index in [0.29, 0.717) is 15.9 Å². The van der Waals surface area contributed by atoms with Crippen molar-refractivity contribution >= 4 is 46.7 Å². The highest BCUT2D eigenvalue weighted by Crippen LogP contribution is 2.17. The molecular weight excluding hydrogens is 314 g/mol. The van der Waals surface area contributed by atoms with Gasteiger partial charge in [0.15, 0.2) is 5.16 Å². The van der Waals surface area contributed by atoms with Crippen LogP contribution in [0.5, 0.6) is 0 Å². The van der Waals surface area contributed by atoms with Crippen LogP contribution in [0.1, 0.15) is 0 Å². The monoisotopic (exact) mass is 324 g/mol. The fraction of sp³-hybridized carbons (Fsp3) is 0.154. The molecule has 2 rings (SSSR count). The Morgan fingerprint density at radius 2 is 2.15 bits per heavy atom. The fourth-order valence-corrected chi connectivity index (χ4v) is 2.29. The first-order valence-electron chi connectivity index (χ1n) is 5.64. The molecule has 0 bridgehead atoms. The predicted octanol–water partition coefficient (Wildman–Crippen LogP) is 3.38. The van der Waals surface area contributed by atoms with Crippen molar-refractivity contribution in [2.24, 2.45) is 0 Å². The Morgan fingerprint density at radius 3 is 2.75 bits per heavy atom. The van der Waals surface area contributed by atoms with E-state index in [1.807, 2.05) is 6.26 Å². The van der Waals surface area contributed by atoms with Gasteiger partial charge in [0.05, 0.1) is 10.6 Å². The maximum absolute atomic E-state index is 11.8. The zero-order chi connectivity index (χ0) is 14.4. The van der Waals surface area contributed by atoms with Gasteiger partial charge in [-0.05, 0) is 30.5 Å². The van der Waals surface area contributed by atoms with Crippen molar-refractivity contribution in [2.75, 3.05) is 17.3 Å². The van der Waals surface area contributed by atoms with E-state index >= 15 is 0 Å². The number of carbonyl (C=O) groups excluding carboxylic acids is 1. The van der Waals surface area contributed by atoms with Gasteiger partial charge in [-0.25, -0.2) is 9.97 Å². The molecule has 103 valence electrons. The number of hydrogen-bond donors (Lipinski definition) is 1. The van der Waals surface area contributed by atoms with Crippen molar-refractivity contribution in [3.05, 3.63) is 41.7 Å². The van der Waals surface area contributed by atoms with Gasteiger partial charge in [-0.3, -0.25) is 4.79 Å². The summed E-state index contributed by atoms with van der Waals surface area (Å²) in [5.74, 6) is 0.129. The number of amides is 1. The lowest BCUT2D eigenvalue weighted by atomic mass is 10.3. The number of nitrogens with one attached hydrogen (secondary N) is 1. The molecular formula is C13H11ClN3OS2. The van der Waals surface area contributed by atoms with Crippen LogP contribution in [-0.2, 0) is 4.79 Å². The second kappa shape index (κ2) is 7.52. The highest BCUT2D eigenvalue weighted by Gasteiger charge is 2.05. The average Bonchev–Trinajstić information content (AvgIpc) is 2.48. The number of nitrogens with zero attached hydrogens (tertiary/aromatic N) is 2. The van der Waals surface area contributed by atoms with Gasteiger partial charge in [0, 0.05) is 16.9 Å². The van der Waals surface area contributed by atoms with Gasteiger partial charge in [0.1, 0.15) is 6.20 Å². The number of anilines is 1. The van der Waals surface area contributed by atoms with Gasteiger partial charge in [-0.1, -0.05) is 23.4 Å². The van der Waals surface area contributed by atoms with Crippen LogP contribution in [0, 0.1) is 6.20 Å². The van der Waals surface area contributed by atoms with Gasteiger partial charge in [-0.15, -0.1) is 11.8 Å². The lowest BCUT2D eigenvalue weighted by Gasteiger charge is -2.04. The molecule has 1 aromatic carbocycles. The number of hydrogen-bond acceptors (Lipinski definition) is 5. The van der Waals surface area contributed by atoms with Gasteiger partial charge in [-0.2, -0.15) is 0 Å². The summed E-state index contributed by atoms with van der Waals surface area (Å²) in [7, 11) is 0. The summed E-state index contributed by atoms with van der Waals surface area (Å²) in [4.78, 5) is 20.8. The van der Waals surface area contributed by atoms with Crippen molar-refractivity contribution in [2.45, 2.75) is 10.1 Å². The first kappa shape index (κ1) is 15.2. The molecule has 0 fully saturated rings. The lowest BCUT2D eigenvalue weighted by Crippen LogP contribution is -2.14. The predicted molar refractivity (Wildman–Crippen MR) is 83.5 cm³/mol. The maximum Gasteiger partial charge on any atom is 0.234 e. The Balaban J connectivity index is 1.83. The van der Waals surface area contributed by atoms with E-state index in [2.05, 4.69) is 21.5 Å². The number of halogens is 1. The van der Waals surface area contributed by atoms with Gasteiger partial charge < -0.3 is 5.32 Å². The molecule has 0 saturated carbocycles. The second-order valence-electron chi connectivity index (χ2n) is 3.68. The molecule has 7 heteroatoms. The molecule has 2 aromatic rings. The minimum Gasteiger partial charge on any atom is -0.325 e. The van der Waals surface area contributed by atoms with E-state index in [9.17, 15) is 4.79 Å². The van der Waals surface area contributed by atoms with Crippen molar-refractivity contribution in [3.63, 3.8) is 0 Å². The van der Waals surface area contributed by atoms with Gasteiger partial charge >= 0.3 is 0 Å².